The predicted molar refractivity (Wildman–Crippen MR) is 91.3 cm³/mol. The molecule has 1 heterocycles. The molecule has 0 saturated heterocycles. The minimum absolute atomic E-state index is 0.0247. The molecule has 1 N–H and O–H groups in total. The zero-order valence-corrected chi connectivity index (χ0v) is 14.4. The molecule has 0 aliphatic heterocycles. The van der Waals surface area contributed by atoms with Gasteiger partial charge in [0.25, 0.3) is 5.91 Å². The first-order valence-electron chi connectivity index (χ1n) is 7.72. The third-order valence-electron chi connectivity index (χ3n) is 3.50. The lowest BCUT2D eigenvalue weighted by Gasteiger charge is -2.23. The standard InChI is InChI=1S/C17H28N4O/c1-6-8-15(14-9-7-10-19-13-14)16(18-2)17(22)21(5)12-11-20(3)4/h7,9-10,13,18H,6,8,11-12H2,1-5H3/b16-15+. The maximum absolute atomic E-state index is 12.7. The van der Waals surface area contributed by atoms with Crippen LogP contribution >= 0.6 is 0 Å². The number of nitrogens with zero attached hydrogens (tertiary/aromatic N) is 3. The Morgan fingerprint density at radius 2 is 2.00 bits per heavy atom. The van der Waals surface area contributed by atoms with E-state index in [4.69, 9.17) is 0 Å². The minimum Gasteiger partial charge on any atom is -0.383 e. The van der Waals surface area contributed by atoms with E-state index in [0.29, 0.717) is 12.2 Å². The third-order valence-corrected chi connectivity index (χ3v) is 3.50. The van der Waals surface area contributed by atoms with Crippen LogP contribution in [0.4, 0.5) is 0 Å². The van der Waals surface area contributed by atoms with E-state index in [0.717, 1.165) is 30.5 Å². The summed E-state index contributed by atoms with van der Waals surface area (Å²) >= 11 is 0. The van der Waals surface area contributed by atoms with Gasteiger partial charge in [-0.3, -0.25) is 9.78 Å². The lowest BCUT2D eigenvalue weighted by atomic mass is 10.00. The molecule has 1 rings (SSSR count). The first-order valence-corrected chi connectivity index (χ1v) is 7.72. The highest BCUT2D eigenvalue weighted by atomic mass is 16.2. The van der Waals surface area contributed by atoms with Gasteiger partial charge in [0.05, 0.1) is 0 Å². The molecule has 0 saturated carbocycles. The molecule has 0 bridgehead atoms. The van der Waals surface area contributed by atoms with E-state index in [9.17, 15) is 4.79 Å². The number of allylic oxidation sites excluding steroid dienone is 1. The zero-order chi connectivity index (χ0) is 16.5. The van der Waals surface area contributed by atoms with Crippen LogP contribution in [0, 0.1) is 0 Å². The molecule has 0 fully saturated rings. The van der Waals surface area contributed by atoms with Crippen LogP contribution in [-0.2, 0) is 4.79 Å². The van der Waals surface area contributed by atoms with E-state index >= 15 is 0 Å². The van der Waals surface area contributed by atoms with Crippen molar-refractivity contribution < 1.29 is 4.79 Å². The summed E-state index contributed by atoms with van der Waals surface area (Å²) in [5.74, 6) is 0.0247. The van der Waals surface area contributed by atoms with Crippen molar-refractivity contribution in [3.8, 4) is 0 Å². The molecule has 0 unspecified atom stereocenters. The van der Waals surface area contributed by atoms with Crippen LogP contribution in [0.25, 0.3) is 5.57 Å². The largest absolute Gasteiger partial charge is 0.383 e. The second-order valence-corrected chi connectivity index (χ2v) is 5.63. The van der Waals surface area contributed by atoms with Gasteiger partial charge in [-0.15, -0.1) is 0 Å². The number of pyridine rings is 1. The van der Waals surface area contributed by atoms with Crippen LogP contribution in [0.2, 0.25) is 0 Å². The molecule has 0 aliphatic carbocycles. The average molecular weight is 304 g/mol. The molecule has 0 aromatic carbocycles. The van der Waals surface area contributed by atoms with Crippen LogP contribution in [-0.4, -0.2) is 62.0 Å². The molecule has 0 aliphatic rings. The Hall–Kier alpha value is -1.88. The molecule has 0 atom stereocenters. The number of carbonyl (C=O) groups excluding carboxylic acids is 1. The lowest BCUT2D eigenvalue weighted by molar-refractivity contribution is -0.126. The summed E-state index contributed by atoms with van der Waals surface area (Å²) in [6, 6.07) is 3.90. The summed E-state index contributed by atoms with van der Waals surface area (Å²) < 4.78 is 0. The average Bonchev–Trinajstić information content (AvgIpc) is 2.53. The second-order valence-electron chi connectivity index (χ2n) is 5.63. The Morgan fingerprint density at radius 3 is 2.50 bits per heavy atom. The van der Waals surface area contributed by atoms with Crippen LogP contribution in [0.15, 0.2) is 30.2 Å². The minimum atomic E-state index is 0.0247. The van der Waals surface area contributed by atoms with Crippen LogP contribution in [0.1, 0.15) is 25.3 Å². The summed E-state index contributed by atoms with van der Waals surface area (Å²) in [6.45, 7) is 3.66. The summed E-state index contributed by atoms with van der Waals surface area (Å²) in [5, 5.41) is 3.10. The van der Waals surface area contributed by atoms with Crippen LogP contribution in [0.3, 0.4) is 0 Å². The van der Waals surface area contributed by atoms with Crippen molar-refractivity contribution >= 4 is 11.5 Å². The fraction of sp³-hybridized carbons (Fsp3) is 0.529. The van der Waals surface area contributed by atoms with E-state index in [1.165, 1.54) is 0 Å². The molecular formula is C17H28N4O. The highest BCUT2D eigenvalue weighted by Gasteiger charge is 2.19. The predicted octanol–water partition coefficient (Wildman–Crippen LogP) is 1.83. The van der Waals surface area contributed by atoms with Gasteiger partial charge >= 0.3 is 0 Å². The Kier molecular flexibility index (Phi) is 7.60. The van der Waals surface area contributed by atoms with E-state index in [1.807, 2.05) is 39.5 Å². The van der Waals surface area contributed by atoms with Gasteiger partial charge in [-0.1, -0.05) is 19.4 Å². The van der Waals surface area contributed by atoms with Gasteiger partial charge in [-0.05, 0) is 37.7 Å². The normalized spacial score (nSPS) is 12.1. The molecular weight excluding hydrogens is 276 g/mol. The number of aromatic nitrogens is 1. The first-order chi connectivity index (χ1) is 10.5. The number of rotatable bonds is 8. The number of hydrogen-bond donors (Lipinski definition) is 1. The molecule has 0 radical (unpaired) electrons. The summed E-state index contributed by atoms with van der Waals surface area (Å²) in [7, 11) is 7.66. The van der Waals surface area contributed by atoms with E-state index in [2.05, 4.69) is 22.1 Å². The van der Waals surface area contributed by atoms with E-state index in [-0.39, 0.29) is 5.91 Å². The van der Waals surface area contributed by atoms with Gasteiger partial charge in [0, 0.05) is 39.6 Å². The van der Waals surface area contributed by atoms with Gasteiger partial charge < -0.3 is 15.1 Å². The molecule has 122 valence electrons. The summed E-state index contributed by atoms with van der Waals surface area (Å²) in [5.41, 5.74) is 2.69. The Morgan fingerprint density at radius 1 is 1.27 bits per heavy atom. The molecule has 1 aromatic heterocycles. The topological polar surface area (TPSA) is 48.5 Å². The van der Waals surface area contributed by atoms with E-state index < -0.39 is 0 Å². The highest BCUT2D eigenvalue weighted by Crippen LogP contribution is 2.23. The second kappa shape index (κ2) is 9.20. The molecule has 1 aromatic rings. The van der Waals surface area contributed by atoms with Crippen LogP contribution in [0.5, 0.6) is 0 Å². The van der Waals surface area contributed by atoms with Gasteiger partial charge in [0.2, 0.25) is 0 Å². The quantitative estimate of drug-likeness (QED) is 0.745. The number of hydrogen-bond acceptors (Lipinski definition) is 4. The lowest BCUT2D eigenvalue weighted by Crippen LogP contribution is -2.37. The number of carbonyl (C=O) groups is 1. The number of likely N-dealkylation sites (N-methyl/N-ethyl adjacent to an activating group) is 3. The van der Waals surface area contributed by atoms with Crippen molar-refractivity contribution in [2.45, 2.75) is 19.8 Å². The molecule has 5 nitrogen and oxygen atoms in total. The molecule has 0 spiro atoms. The van der Waals surface area contributed by atoms with Gasteiger partial charge in [-0.25, -0.2) is 0 Å². The van der Waals surface area contributed by atoms with Crippen molar-refractivity contribution in [1.82, 2.24) is 20.1 Å². The monoisotopic (exact) mass is 304 g/mol. The first kappa shape index (κ1) is 18.2. The van der Waals surface area contributed by atoms with Gasteiger partial charge in [-0.2, -0.15) is 0 Å². The Balaban J connectivity index is 3.08. The molecule has 1 amide bonds. The maximum Gasteiger partial charge on any atom is 0.270 e. The summed E-state index contributed by atoms with van der Waals surface area (Å²) in [6.07, 6.45) is 5.38. The summed E-state index contributed by atoms with van der Waals surface area (Å²) in [4.78, 5) is 20.7. The van der Waals surface area contributed by atoms with Crippen LogP contribution < -0.4 is 5.32 Å². The smallest absolute Gasteiger partial charge is 0.270 e. The fourth-order valence-electron chi connectivity index (χ4n) is 2.23. The van der Waals surface area contributed by atoms with Crippen molar-refractivity contribution in [2.75, 3.05) is 41.3 Å². The van der Waals surface area contributed by atoms with E-state index in [1.54, 1.807) is 18.1 Å². The van der Waals surface area contributed by atoms with Crippen molar-refractivity contribution in [3.63, 3.8) is 0 Å². The van der Waals surface area contributed by atoms with Gasteiger partial charge in [0.1, 0.15) is 5.70 Å². The molecule has 22 heavy (non-hydrogen) atoms. The van der Waals surface area contributed by atoms with Crippen molar-refractivity contribution in [1.29, 1.82) is 0 Å². The SMILES string of the molecule is CCC/C(=C(\NC)C(=O)N(C)CCN(C)C)c1cccnc1. The Labute approximate surface area is 134 Å². The molecule has 5 heteroatoms. The third kappa shape index (κ3) is 5.15. The number of nitrogens with one attached hydrogen (secondary N) is 1. The van der Waals surface area contributed by atoms with Crippen molar-refractivity contribution in [2.24, 2.45) is 0 Å². The maximum atomic E-state index is 12.7. The zero-order valence-electron chi connectivity index (χ0n) is 14.4. The van der Waals surface area contributed by atoms with Crippen molar-refractivity contribution in [3.05, 3.63) is 35.8 Å². The Bertz CT molecular complexity index is 497. The van der Waals surface area contributed by atoms with Gasteiger partial charge in [0.15, 0.2) is 0 Å². The fourth-order valence-corrected chi connectivity index (χ4v) is 2.23. The highest BCUT2D eigenvalue weighted by molar-refractivity contribution is 6.00. The number of amides is 1.